The maximum absolute atomic E-state index is 4.69. The van der Waals surface area contributed by atoms with Gasteiger partial charge in [0.15, 0.2) is 0 Å². The largest absolute Gasteiger partial charge is 0.353 e. The zero-order chi connectivity index (χ0) is 13.1. The van der Waals surface area contributed by atoms with Crippen molar-refractivity contribution >= 4 is 5.82 Å². The van der Waals surface area contributed by atoms with E-state index in [1.165, 1.54) is 50.0 Å². The molecule has 2 unspecified atom stereocenters. The lowest BCUT2D eigenvalue weighted by atomic mass is 9.85. The minimum absolute atomic E-state index is 0.754. The first kappa shape index (κ1) is 12.9. The van der Waals surface area contributed by atoms with E-state index in [1.54, 1.807) is 0 Å². The highest BCUT2D eigenvalue weighted by molar-refractivity contribution is 5.49. The Kier molecular flexibility index (Phi) is 4.02. The third kappa shape index (κ3) is 2.62. The molecule has 3 nitrogen and oxygen atoms in total. The molecule has 0 radical (unpaired) electrons. The van der Waals surface area contributed by atoms with Crippen LogP contribution in [0.1, 0.15) is 44.6 Å². The fourth-order valence-corrected chi connectivity index (χ4v) is 3.76. The highest BCUT2D eigenvalue weighted by atomic mass is 15.2. The molecule has 2 aliphatic rings. The van der Waals surface area contributed by atoms with Crippen molar-refractivity contribution in [3.8, 4) is 0 Å². The van der Waals surface area contributed by atoms with Crippen LogP contribution in [0.15, 0.2) is 18.3 Å². The topological polar surface area (TPSA) is 28.2 Å². The second kappa shape index (κ2) is 5.91. The van der Waals surface area contributed by atoms with Crippen LogP contribution in [0.2, 0.25) is 0 Å². The normalized spacial score (nSPS) is 26.5. The maximum Gasteiger partial charge on any atom is 0.133 e. The van der Waals surface area contributed by atoms with Crippen LogP contribution in [0.25, 0.3) is 0 Å². The Labute approximate surface area is 116 Å². The van der Waals surface area contributed by atoms with E-state index < -0.39 is 0 Å². The van der Waals surface area contributed by atoms with E-state index in [-0.39, 0.29) is 0 Å². The number of nitrogens with zero attached hydrogens (tertiary/aromatic N) is 2. The maximum atomic E-state index is 4.69. The number of hydrogen-bond acceptors (Lipinski definition) is 3. The molecule has 1 aromatic rings. The van der Waals surface area contributed by atoms with E-state index in [2.05, 4.69) is 29.3 Å². The summed E-state index contributed by atoms with van der Waals surface area (Å²) < 4.78 is 0. The second-order valence-corrected chi connectivity index (χ2v) is 5.86. The standard InChI is InChI=1S/C16H25N3/c1-2-17-12-14-7-5-10-18-16(14)19-11-9-13-6-3-4-8-15(13)19/h5,7,10,13,15,17H,2-4,6,8-9,11-12H2,1H3. The fourth-order valence-electron chi connectivity index (χ4n) is 3.76. The summed E-state index contributed by atoms with van der Waals surface area (Å²) in [5, 5.41) is 3.43. The summed E-state index contributed by atoms with van der Waals surface area (Å²) in [6, 6.07) is 5.04. The lowest BCUT2D eigenvalue weighted by Gasteiger charge is -2.33. The molecule has 2 heterocycles. The van der Waals surface area contributed by atoms with Gasteiger partial charge in [-0.05, 0) is 37.8 Å². The number of rotatable bonds is 4. The van der Waals surface area contributed by atoms with Gasteiger partial charge in [0.25, 0.3) is 0 Å². The lowest BCUT2D eigenvalue weighted by molar-refractivity contribution is 0.341. The van der Waals surface area contributed by atoms with E-state index in [0.29, 0.717) is 0 Å². The van der Waals surface area contributed by atoms with E-state index in [1.807, 2.05) is 6.20 Å². The van der Waals surface area contributed by atoms with E-state index in [9.17, 15) is 0 Å². The summed E-state index contributed by atoms with van der Waals surface area (Å²) in [5.41, 5.74) is 1.36. The SMILES string of the molecule is CCNCc1cccnc1N1CCC2CCCCC21. The average Bonchev–Trinajstić information content (AvgIpc) is 2.89. The second-order valence-electron chi connectivity index (χ2n) is 5.86. The molecule has 1 aliphatic heterocycles. The van der Waals surface area contributed by atoms with Gasteiger partial charge in [-0.25, -0.2) is 4.98 Å². The van der Waals surface area contributed by atoms with Gasteiger partial charge < -0.3 is 10.2 Å². The monoisotopic (exact) mass is 259 g/mol. The molecule has 2 atom stereocenters. The van der Waals surface area contributed by atoms with E-state index >= 15 is 0 Å². The van der Waals surface area contributed by atoms with Crippen molar-refractivity contribution in [1.82, 2.24) is 10.3 Å². The molecule has 1 aliphatic carbocycles. The zero-order valence-corrected chi connectivity index (χ0v) is 11.9. The van der Waals surface area contributed by atoms with Gasteiger partial charge in [-0.1, -0.05) is 25.8 Å². The highest BCUT2D eigenvalue weighted by Gasteiger charge is 2.36. The Morgan fingerprint density at radius 1 is 1.32 bits per heavy atom. The predicted octanol–water partition coefficient (Wildman–Crippen LogP) is 2.96. The number of nitrogens with one attached hydrogen (secondary N) is 1. The Morgan fingerprint density at radius 2 is 2.21 bits per heavy atom. The fraction of sp³-hybridized carbons (Fsp3) is 0.688. The van der Waals surface area contributed by atoms with Crippen LogP contribution < -0.4 is 10.2 Å². The first-order valence-electron chi connectivity index (χ1n) is 7.81. The quantitative estimate of drug-likeness (QED) is 0.901. The van der Waals surface area contributed by atoms with Crippen molar-refractivity contribution in [2.24, 2.45) is 5.92 Å². The van der Waals surface area contributed by atoms with Crippen LogP contribution in [0.3, 0.4) is 0 Å². The molecule has 3 rings (SSSR count). The molecule has 0 bridgehead atoms. The predicted molar refractivity (Wildman–Crippen MR) is 79.3 cm³/mol. The number of anilines is 1. The van der Waals surface area contributed by atoms with Crippen LogP contribution >= 0.6 is 0 Å². The molecule has 2 fully saturated rings. The van der Waals surface area contributed by atoms with E-state index in [0.717, 1.165) is 25.0 Å². The van der Waals surface area contributed by atoms with Crippen LogP contribution in [-0.2, 0) is 6.54 Å². The van der Waals surface area contributed by atoms with Gasteiger partial charge in [0.1, 0.15) is 5.82 Å². The van der Waals surface area contributed by atoms with Gasteiger partial charge in [0, 0.05) is 30.9 Å². The van der Waals surface area contributed by atoms with Crippen molar-refractivity contribution in [3.63, 3.8) is 0 Å². The smallest absolute Gasteiger partial charge is 0.133 e. The van der Waals surface area contributed by atoms with Crippen molar-refractivity contribution < 1.29 is 0 Å². The summed E-state index contributed by atoms with van der Waals surface area (Å²) >= 11 is 0. The highest BCUT2D eigenvalue weighted by Crippen LogP contribution is 2.38. The lowest BCUT2D eigenvalue weighted by Crippen LogP contribution is -2.36. The van der Waals surface area contributed by atoms with Gasteiger partial charge in [0.2, 0.25) is 0 Å². The van der Waals surface area contributed by atoms with Gasteiger partial charge in [0.05, 0.1) is 0 Å². The van der Waals surface area contributed by atoms with Gasteiger partial charge >= 0.3 is 0 Å². The summed E-state index contributed by atoms with van der Waals surface area (Å²) in [7, 11) is 0. The molecular formula is C16H25N3. The molecule has 1 N–H and O–H groups in total. The first-order valence-corrected chi connectivity index (χ1v) is 7.81. The molecular weight excluding hydrogens is 234 g/mol. The Balaban J connectivity index is 1.81. The van der Waals surface area contributed by atoms with Crippen molar-refractivity contribution in [3.05, 3.63) is 23.9 Å². The van der Waals surface area contributed by atoms with Gasteiger partial charge in [-0.2, -0.15) is 0 Å². The van der Waals surface area contributed by atoms with Gasteiger partial charge in [-0.15, -0.1) is 0 Å². The molecule has 1 saturated heterocycles. The zero-order valence-electron chi connectivity index (χ0n) is 11.9. The van der Waals surface area contributed by atoms with Gasteiger partial charge in [-0.3, -0.25) is 0 Å². The molecule has 0 aromatic carbocycles. The molecule has 0 spiro atoms. The third-order valence-electron chi connectivity index (χ3n) is 4.72. The van der Waals surface area contributed by atoms with Crippen LogP contribution in [0.4, 0.5) is 5.82 Å². The minimum Gasteiger partial charge on any atom is -0.353 e. The minimum atomic E-state index is 0.754. The van der Waals surface area contributed by atoms with Crippen molar-refractivity contribution in [1.29, 1.82) is 0 Å². The Bertz CT molecular complexity index is 418. The molecule has 19 heavy (non-hydrogen) atoms. The van der Waals surface area contributed by atoms with E-state index in [4.69, 9.17) is 4.98 Å². The molecule has 1 saturated carbocycles. The summed E-state index contributed by atoms with van der Waals surface area (Å²) in [4.78, 5) is 7.28. The third-order valence-corrected chi connectivity index (χ3v) is 4.72. The number of hydrogen-bond donors (Lipinski definition) is 1. The summed E-state index contributed by atoms with van der Waals surface area (Å²) in [6.45, 7) is 5.31. The van der Waals surface area contributed by atoms with Crippen molar-refractivity contribution in [2.45, 2.75) is 51.6 Å². The first-order chi connectivity index (χ1) is 9.40. The molecule has 0 amide bonds. The summed E-state index contributed by atoms with van der Waals surface area (Å²) in [5.74, 6) is 2.15. The number of aromatic nitrogens is 1. The molecule has 3 heteroatoms. The number of pyridine rings is 1. The van der Waals surface area contributed by atoms with Crippen LogP contribution in [0, 0.1) is 5.92 Å². The average molecular weight is 259 g/mol. The van der Waals surface area contributed by atoms with Crippen LogP contribution in [-0.4, -0.2) is 24.1 Å². The van der Waals surface area contributed by atoms with Crippen molar-refractivity contribution in [2.75, 3.05) is 18.0 Å². The summed E-state index contributed by atoms with van der Waals surface area (Å²) in [6.07, 6.45) is 8.93. The Morgan fingerprint density at radius 3 is 3.11 bits per heavy atom. The Hall–Kier alpha value is -1.09. The number of fused-ring (bicyclic) bond motifs is 1. The van der Waals surface area contributed by atoms with Crippen LogP contribution in [0.5, 0.6) is 0 Å². The molecule has 104 valence electrons. The molecule has 1 aromatic heterocycles.